The van der Waals surface area contributed by atoms with Gasteiger partial charge in [-0.1, -0.05) is 99.5 Å². The Labute approximate surface area is 188 Å². The van der Waals surface area contributed by atoms with Crippen LogP contribution < -0.4 is 0 Å². The summed E-state index contributed by atoms with van der Waals surface area (Å²) in [6, 6.07) is 17.4. The monoisotopic (exact) mass is 416 g/mol. The van der Waals surface area contributed by atoms with Gasteiger partial charge in [-0.05, 0) is 44.7 Å². The molecule has 0 aliphatic heterocycles. The number of carbonyl (C=O) groups excluding carboxylic acids is 2. The van der Waals surface area contributed by atoms with Crippen molar-refractivity contribution in [2.24, 2.45) is 11.3 Å². The normalized spacial score (nSPS) is 14.5. The van der Waals surface area contributed by atoms with Crippen molar-refractivity contribution in [2.45, 2.75) is 60.3 Å². The third-order valence-corrected chi connectivity index (χ3v) is 5.60. The Kier molecular flexibility index (Phi) is 9.18. The van der Waals surface area contributed by atoms with Gasteiger partial charge in [-0.15, -0.1) is 0 Å². The molecule has 0 spiro atoms. The van der Waals surface area contributed by atoms with Crippen LogP contribution in [0.3, 0.4) is 0 Å². The summed E-state index contributed by atoms with van der Waals surface area (Å²) < 4.78 is 0. The lowest BCUT2D eigenvalue weighted by Crippen LogP contribution is -2.27. The predicted molar refractivity (Wildman–Crippen MR) is 131 cm³/mol. The van der Waals surface area contributed by atoms with E-state index in [0.717, 1.165) is 30.4 Å². The zero-order valence-electron chi connectivity index (χ0n) is 19.7. The first kappa shape index (κ1) is 24.5. The van der Waals surface area contributed by atoms with Crippen LogP contribution in [0.4, 0.5) is 0 Å². The fourth-order valence-corrected chi connectivity index (χ4v) is 3.50. The SMILES string of the molecule is C/C=C(\C=C/C(C)(C)C(=O)c1ccccc1C(=O)C1CCC1)c1ccccc1.CCC. The Morgan fingerprint density at radius 2 is 1.48 bits per heavy atom. The summed E-state index contributed by atoms with van der Waals surface area (Å²) in [6.45, 7) is 10.1. The maximum Gasteiger partial charge on any atom is 0.172 e. The number of rotatable bonds is 7. The van der Waals surface area contributed by atoms with E-state index in [-0.39, 0.29) is 17.5 Å². The van der Waals surface area contributed by atoms with Gasteiger partial charge in [-0.25, -0.2) is 0 Å². The quantitative estimate of drug-likeness (QED) is 0.339. The molecule has 1 aliphatic carbocycles. The van der Waals surface area contributed by atoms with E-state index in [1.165, 1.54) is 6.42 Å². The van der Waals surface area contributed by atoms with E-state index in [9.17, 15) is 9.59 Å². The first-order chi connectivity index (χ1) is 14.9. The van der Waals surface area contributed by atoms with Crippen LogP contribution in [-0.2, 0) is 0 Å². The fraction of sp³-hybridized carbons (Fsp3) is 0.379. The standard InChI is InChI=1S/C26H28O2.C3H8/c1-4-19(20-11-6-5-7-12-20)17-18-26(2,3)25(28)23-16-9-8-15-22(23)24(27)21-13-10-14-21;1-3-2/h4-9,11-12,15-18,21H,10,13-14H2,1-3H3;3H2,1-2H3/b18-17-,19-4+;. The van der Waals surface area contributed by atoms with Gasteiger partial charge >= 0.3 is 0 Å². The lowest BCUT2D eigenvalue weighted by atomic mass is 9.76. The van der Waals surface area contributed by atoms with Crippen LogP contribution in [0.1, 0.15) is 86.6 Å². The molecule has 0 saturated heterocycles. The van der Waals surface area contributed by atoms with E-state index in [1.54, 1.807) is 12.1 Å². The molecule has 2 nitrogen and oxygen atoms in total. The number of ketones is 2. The summed E-state index contributed by atoms with van der Waals surface area (Å²) in [7, 11) is 0. The number of carbonyl (C=O) groups is 2. The van der Waals surface area contributed by atoms with Gasteiger partial charge in [-0.3, -0.25) is 9.59 Å². The molecule has 2 heteroatoms. The molecule has 31 heavy (non-hydrogen) atoms. The summed E-state index contributed by atoms with van der Waals surface area (Å²) in [4.78, 5) is 26.1. The Morgan fingerprint density at radius 1 is 0.935 bits per heavy atom. The zero-order valence-corrected chi connectivity index (χ0v) is 19.7. The van der Waals surface area contributed by atoms with Crippen LogP contribution in [0.25, 0.3) is 5.57 Å². The van der Waals surface area contributed by atoms with E-state index in [4.69, 9.17) is 0 Å². The van der Waals surface area contributed by atoms with Crippen molar-refractivity contribution in [3.8, 4) is 0 Å². The summed E-state index contributed by atoms with van der Waals surface area (Å²) in [6.07, 6.45) is 10.2. The van der Waals surface area contributed by atoms with Crippen molar-refractivity contribution in [2.75, 3.05) is 0 Å². The van der Waals surface area contributed by atoms with Crippen LogP contribution >= 0.6 is 0 Å². The number of hydrogen-bond donors (Lipinski definition) is 0. The predicted octanol–water partition coefficient (Wildman–Crippen LogP) is 7.95. The van der Waals surface area contributed by atoms with E-state index < -0.39 is 5.41 Å². The van der Waals surface area contributed by atoms with Crippen LogP contribution in [0, 0.1) is 11.3 Å². The second kappa shape index (κ2) is 11.6. The number of hydrogen-bond acceptors (Lipinski definition) is 2. The molecule has 1 saturated carbocycles. The molecule has 0 amide bonds. The summed E-state index contributed by atoms with van der Waals surface area (Å²) in [5.74, 6) is 0.184. The molecule has 164 valence electrons. The topological polar surface area (TPSA) is 34.1 Å². The Bertz CT molecular complexity index is 928. The van der Waals surface area contributed by atoms with Crippen molar-refractivity contribution < 1.29 is 9.59 Å². The van der Waals surface area contributed by atoms with Gasteiger partial charge in [-0.2, -0.15) is 0 Å². The third kappa shape index (κ3) is 6.37. The molecule has 1 fully saturated rings. The highest BCUT2D eigenvalue weighted by molar-refractivity contribution is 6.12. The highest BCUT2D eigenvalue weighted by Gasteiger charge is 2.32. The molecule has 2 aromatic rings. The molecular weight excluding hydrogens is 380 g/mol. The zero-order chi connectivity index (χ0) is 22.9. The molecule has 0 unspecified atom stereocenters. The lowest BCUT2D eigenvalue weighted by molar-refractivity contribution is 0.0832. The second-order valence-corrected chi connectivity index (χ2v) is 8.74. The maximum atomic E-state index is 13.3. The van der Waals surface area contributed by atoms with E-state index >= 15 is 0 Å². The molecule has 0 N–H and O–H groups in total. The van der Waals surface area contributed by atoms with Crippen molar-refractivity contribution in [1.29, 1.82) is 0 Å². The lowest BCUT2D eigenvalue weighted by Gasteiger charge is -2.26. The molecule has 0 aromatic heterocycles. The van der Waals surface area contributed by atoms with Gasteiger partial charge in [0.1, 0.15) is 0 Å². The molecule has 2 aromatic carbocycles. The Hall–Kier alpha value is -2.74. The Morgan fingerprint density at radius 3 is 2.00 bits per heavy atom. The van der Waals surface area contributed by atoms with E-state index in [2.05, 4.69) is 26.0 Å². The van der Waals surface area contributed by atoms with Gasteiger partial charge < -0.3 is 0 Å². The molecule has 3 rings (SSSR count). The van der Waals surface area contributed by atoms with Crippen LogP contribution in [0.15, 0.2) is 72.8 Å². The highest BCUT2D eigenvalue weighted by atomic mass is 16.1. The number of Topliss-reactive ketones (excluding diaryl/α,β-unsaturated/α-hetero) is 2. The molecule has 0 radical (unpaired) electrons. The molecule has 0 bridgehead atoms. The largest absolute Gasteiger partial charge is 0.294 e. The summed E-state index contributed by atoms with van der Waals surface area (Å²) in [5, 5.41) is 0. The second-order valence-electron chi connectivity index (χ2n) is 8.74. The molecule has 0 heterocycles. The average Bonchev–Trinajstić information content (AvgIpc) is 2.73. The van der Waals surface area contributed by atoms with Crippen molar-refractivity contribution in [3.05, 3.63) is 89.5 Å². The Balaban J connectivity index is 0.00000107. The minimum atomic E-state index is -0.709. The van der Waals surface area contributed by atoms with Crippen LogP contribution in [0.2, 0.25) is 0 Å². The minimum Gasteiger partial charge on any atom is -0.294 e. The highest BCUT2D eigenvalue weighted by Crippen LogP contribution is 2.33. The summed E-state index contributed by atoms with van der Waals surface area (Å²) in [5.41, 5.74) is 2.59. The van der Waals surface area contributed by atoms with Crippen LogP contribution in [-0.4, -0.2) is 11.6 Å². The van der Waals surface area contributed by atoms with Crippen molar-refractivity contribution in [1.82, 2.24) is 0 Å². The van der Waals surface area contributed by atoms with Gasteiger partial charge in [0.25, 0.3) is 0 Å². The van der Waals surface area contributed by atoms with Crippen LogP contribution in [0.5, 0.6) is 0 Å². The van der Waals surface area contributed by atoms with Gasteiger partial charge in [0.15, 0.2) is 11.6 Å². The maximum absolute atomic E-state index is 13.3. The fourth-order valence-electron chi connectivity index (χ4n) is 3.50. The smallest absolute Gasteiger partial charge is 0.172 e. The van der Waals surface area contributed by atoms with Crippen molar-refractivity contribution >= 4 is 17.1 Å². The molecule has 0 atom stereocenters. The molecule has 1 aliphatic rings. The number of allylic oxidation sites excluding steroid dienone is 4. The van der Waals surface area contributed by atoms with Gasteiger partial charge in [0.2, 0.25) is 0 Å². The van der Waals surface area contributed by atoms with Gasteiger partial charge in [0.05, 0.1) is 0 Å². The van der Waals surface area contributed by atoms with Crippen molar-refractivity contribution in [3.63, 3.8) is 0 Å². The third-order valence-electron chi connectivity index (χ3n) is 5.60. The summed E-state index contributed by atoms with van der Waals surface area (Å²) >= 11 is 0. The van der Waals surface area contributed by atoms with E-state index in [0.29, 0.717) is 11.1 Å². The number of benzene rings is 2. The van der Waals surface area contributed by atoms with E-state index in [1.807, 2.05) is 69.3 Å². The average molecular weight is 417 g/mol. The first-order valence-corrected chi connectivity index (χ1v) is 11.4. The first-order valence-electron chi connectivity index (χ1n) is 11.4. The minimum absolute atomic E-state index is 0.0180. The molecular formula is C29H36O2. The van der Waals surface area contributed by atoms with Gasteiger partial charge in [0, 0.05) is 22.5 Å².